The number of aliphatic hydroxyl groups is 1. The second-order valence-corrected chi connectivity index (χ2v) is 3.75. The van der Waals surface area contributed by atoms with Gasteiger partial charge in [0, 0.05) is 17.9 Å². The molecule has 0 saturated heterocycles. The molecule has 0 aliphatic carbocycles. The van der Waals surface area contributed by atoms with Gasteiger partial charge in [0.2, 0.25) is 0 Å². The van der Waals surface area contributed by atoms with Crippen molar-refractivity contribution in [2.24, 2.45) is 0 Å². The summed E-state index contributed by atoms with van der Waals surface area (Å²) in [4.78, 5) is 0. The first kappa shape index (κ1) is 13.6. The smallest absolute Gasteiger partial charge is 0.399 e. The Balaban J connectivity index is 2.91. The van der Waals surface area contributed by atoms with Gasteiger partial charge in [0.15, 0.2) is 0 Å². The molecule has 1 aromatic rings. The van der Waals surface area contributed by atoms with Crippen LogP contribution in [0.5, 0.6) is 0 Å². The van der Waals surface area contributed by atoms with Crippen molar-refractivity contribution in [3.8, 4) is 0 Å². The number of rotatable bonds is 4. The Morgan fingerprint density at radius 2 is 2.06 bits per heavy atom. The van der Waals surface area contributed by atoms with Crippen LogP contribution < -0.4 is 11.1 Å². The summed E-state index contributed by atoms with van der Waals surface area (Å²) in [5.74, 6) is 0. The number of halogens is 3. The second kappa shape index (κ2) is 5.27. The van der Waals surface area contributed by atoms with E-state index in [0.29, 0.717) is 6.42 Å². The Labute approximate surface area is 97.4 Å². The van der Waals surface area contributed by atoms with Gasteiger partial charge in [-0.15, -0.1) is 0 Å². The van der Waals surface area contributed by atoms with Gasteiger partial charge in [0.05, 0.1) is 11.7 Å². The predicted molar refractivity (Wildman–Crippen MR) is 60.6 cm³/mol. The predicted octanol–water partition coefficient (Wildman–Crippen LogP) is 2.47. The lowest BCUT2D eigenvalue weighted by molar-refractivity contribution is -0.136. The molecule has 6 heteroatoms. The first-order valence-corrected chi connectivity index (χ1v) is 5.23. The fraction of sp³-hybridized carbons (Fsp3) is 0.455. The van der Waals surface area contributed by atoms with Gasteiger partial charge in [-0.2, -0.15) is 13.2 Å². The molecule has 0 aliphatic rings. The lowest BCUT2D eigenvalue weighted by atomic mass is 10.1. The maximum absolute atomic E-state index is 12.7. The van der Waals surface area contributed by atoms with E-state index in [-0.39, 0.29) is 17.9 Å². The van der Waals surface area contributed by atoms with E-state index in [1.807, 2.05) is 0 Å². The Morgan fingerprint density at radius 1 is 1.41 bits per heavy atom. The molecule has 0 fully saturated rings. The summed E-state index contributed by atoms with van der Waals surface area (Å²) >= 11 is 0. The van der Waals surface area contributed by atoms with Gasteiger partial charge >= 0.3 is 6.18 Å². The number of anilines is 2. The number of aliphatic hydroxyl groups excluding tert-OH is 1. The Bertz CT molecular complexity index is 379. The number of nitrogens with one attached hydrogen (secondary N) is 1. The van der Waals surface area contributed by atoms with Gasteiger partial charge in [-0.1, -0.05) is 6.92 Å². The van der Waals surface area contributed by atoms with Crippen LogP contribution in [-0.4, -0.2) is 17.8 Å². The van der Waals surface area contributed by atoms with Gasteiger partial charge in [-0.3, -0.25) is 0 Å². The fourth-order valence-corrected chi connectivity index (χ4v) is 1.32. The topological polar surface area (TPSA) is 58.3 Å². The molecule has 1 unspecified atom stereocenters. The molecule has 0 heterocycles. The van der Waals surface area contributed by atoms with Gasteiger partial charge < -0.3 is 16.2 Å². The van der Waals surface area contributed by atoms with Crippen molar-refractivity contribution >= 4 is 11.4 Å². The van der Waals surface area contributed by atoms with Crippen LogP contribution in [0.15, 0.2) is 18.2 Å². The molecule has 0 spiro atoms. The van der Waals surface area contributed by atoms with Gasteiger partial charge in [0.25, 0.3) is 0 Å². The Morgan fingerprint density at radius 3 is 2.59 bits per heavy atom. The zero-order valence-corrected chi connectivity index (χ0v) is 9.38. The van der Waals surface area contributed by atoms with Crippen molar-refractivity contribution in [3.63, 3.8) is 0 Å². The SMILES string of the molecule is CCC(O)CNc1ccc(N)cc1C(F)(F)F. The van der Waals surface area contributed by atoms with Gasteiger partial charge in [-0.05, 0) is 24.6 Å². The van der Waals surface area contributed by atoms with E-state index in [0.717, 1.165) is 6.07 Å². The molecule has 1 rings (SSSR count). The highest BCUT2D eigenvalue weighted by Crippen LogP contribution is 2.35. The molecule has 0 aliphatic heterocycles. The summed E-state index contributed by atoms with van der Waals surface area (Å²) in [6, 6.07) is 3.52. The first-order chi connectivity index (χ1) is 7.84. The molecular weight excluding hydrogens is 233 g/mol. The van der Waals surface area contributed by atoms with E-state index >= 15 is 0 Å². The number of hydrogen-bond acceptors (Lipinski definition) is 3. The molecule has 0 saturated carbocycles. The van der Waals surface area contributed by atoms with Crippen LogP contribution >= 0.6 is 0 Å². The average molecular weight is 248 g/mol. The molecule has 3 nitrogen and oxygen atoms in total. The van der Waals surface area contributed by atoms with Gasteiger partial charge in [-0.25, -0.2) is 0 Å². The van der Waals surface area contributed by atoms with E-state index in [1.54, 1.807) is 6.92 Å². The molecule has 4 N–H and O–H groups in total. The second-order valence-electron chi connectivity index (χ2n) is 3.75. The third-order valence-electron chi connectivity index (χ3n) is 2.35. The van der Waals surface area contributed by atoms with E-state index < -0.39 is 17.8 Å². The van der Waals surface area contributed by atoms with Crippen LogP contribution in [0.3, 0.4) is 0 Å². The quantitative estimate of drug-likeness (QED) is 0.717. The van der Waals surface area contributed by atoms with Crippen molar-refractivity contribution in [2.45, 2.75) is 25.6 Å². The van der Waals surface area contributed by atoms with Crippen LogP contribution in [0.1, 0.15) is 18.9 Å². The largest absolute Gasteiger partial charge is 0.418 e. The third kappa shape index (κ3) is 3.81. The van der Waals surface area contributed by atoms with Crippen molar-refractivity contribution < 1.29 is 18.3 Å². The minimum Gasteiger partial charge on any atom is -0.399 e. The van der Waals surface area contributed by atoms with Crippen molar-refractivity contribution in [3.05, 3.63) is 23.8 Å². The summed E-state index contributed by atoms with van der Waals surface area (Å²) in [5.41, 5.74) is 4.49. The first-order valence-electron chi connectivity index (χ1n) is 5.23. The Hall–Kier alpha value is -1.43. The Kier molecular flexibility index (Phi) is 4.22. The molecule has 96 valence electrons. The lowest BCUT2D eigenvalue weighted by Crippen LogP contribution is -2.20. The summed E-state index contributed by atoms with van der Waals surface area (Å²) < 4.78 is 38.0. The molecule has 0 amide bonds. The molecule has 17 heavy (non-hydrogen) atoms. The van der Waals surface area contributed by atoms with Crippen molar-refractivity contribution in [2.75, 3.05) is 17.6 Å². The normalized spacial score (nSPS) is 13.5. The highest BCUT2D eigenvalue weighted by molar-refractivity contribution is 5.59. The number of nitrogens with two attached hydrogens (primary N) is 1. The molecule has 0 radical (unpaired) electrons. The zero-order chi connectivity index (χ0) is 13.1. The summed E-state index contributed by atoms with van der Waals surface area (Å²) in [6.45, 7) is 1.82. The standard InChI is InChI=1S/C11H15F3N2O/c1-2-8(17)6-16-10-4-3-7(15)5-9(10)11(12,13)14/h3-5,8,16-17H,2,6,15H2,1H3. The van der Waals surface area contributed by atoms with Gasteiger partial charge in [0.1, 0.15) is 0 Å². The number of hydrogen-bond donors (Lipinski definition) is 3. The number of alkyl halides is 3. The number of nitrogen functional groups attached to an aromatic ring is 1. The molecule has 0 aromatic heterocycles. The molecule has 1 aromatic carbocycles. The summed E-state index contributed by atoms with van der Waals surface area (Å²) in [7, 11) is 0. The monoisotopic (exact) mass is 248 g/mol. The molecular formula is C11H15F3N2O. The minimum atomic E-state index is -4.46. The van der Waals surface area contributed by atoms with E-state index in [4.69, 9.17) is 5.73 Å². The van der Waals surface area contributed by atoms with Crippen LogP contribution in [0.25, 0.3) is 0 Å². The average Bonchev–Trinajstić information content (AvgIpc) is 2.25. The van der Waals surface area contributed by atoms with Crippen LogP contribution in [0.2, 0.25) is 0 Å². The van der Waals surface area contributed by atoms with Crippen LogP contribution in [-0.2, 0) is 6.18 Å². The summed E-state index contributed by atoms with van der Waals surface area (Å²) in [6.07, 6.45) is -4.66. The van der Waals surface area contributed by atoms with Crippen LogP contribution in [0, 0.1) is 0 Å². The van der Waals surface area contributed by atoms with Crippen molar-refractivity contribution in [1.29, 1.82) is 0 Å². The molecule has 1 atom stereocenters. The van der Waals surface area contributed by atoms with E-state index in [1.165, 1.54) is 12.1 Å². The number of benzene rings is 1. The lowest BCUT2D eigenvalue weighted by Gasteiger charge is -2.16. The fourth-order valence-electron chi connectivity index (χ4n) is 1.32. The highest BCUT2D eigenvalue weighted by atomic mass is 19.4. The highest BCUT2D eigenvalue weighted by Gasteiger charge is 2.33. The third-order valence-corrected chi connectivity index (χ3v) is 2.35. The maximum Gasteiger partial charge on any atom is 0.418 e. The van der Waals surface area contributed by atoms with Crippen LogP contribution in [0.4, 0.5) is 24.5 Å². The van der Waals surface area contributed by atoms with E-state index in [9.17, 15) is 18.3 Å². The maximum atomic E-state index is 12.7. The minimum absolute atomic E-state index is 0.0546. The zero-order valence-electron chi connectivity index (χ0n) is 9.38. The van der Waals surface area contributed by atoms with Crippen molar-refractivity contribution in [1.82, 2.24) is 0 Å². The molecule has 0 bridgehead atoms. The summed E-state index contributed by atoms with van der Waals surface area (Å²) in [5, 5.41) is 11.9. The van der Waals surface area contributed by atoms with E-state index in [2.05, 4.69) is 5.32 Å².